The molecule has 0 aliphatic rings. The molecule has 0 aromatic heterocycles. The minimum atomic E-state index is -0.941. The van der Waals surface area contributed by atoms with E-state index in [1.165, 1.54) is 27.4 Å². The van der Waals surface area contributed by atoms with Crippen molar-refractivity contribution in [1.82, 2.24) is 5.32 Å². The van der Waals surface area contributed by atoms with Gasteiger partial charge in [-0.3, -0.25) is 4.79 Å². The number of hydrogen-bond donors (Lipinski definition) is 1. The van der Waals surface area contributed by atoms with E-state index in [2.05, 4.69) is 5.32 Å². The maximum absolute atomic E-state index is 13.3. The topological polar surface area (TPSA) is 56.8 Å². The molecule has 27 heavy (non-hydrogen) atoms. The molecule has 1 atom stereocenters. The summed E-state index contributed by atoms with van der Waals surface area (Å²) in [6.07, 6.45) is 0.611. The highest BCUT2D eigenvalue weighted by Crippen LogP contribution is 2.40. The number of hydrogen-bond acceptors (Lipinski definition) is 4. The highest BCUT2D eigenvalue weighted by atomic mass is 19.2. The molecule has 2 rings (SSSR count). The van der Waals surface area contributed by atoms with E-state index in [9.17, 15) is 13.6 Å². The molecule has 2 aromatic rings. The van der Waals surface area contributed by atoms with E-state index >= 15 is 0 Å². The van der Waals surface area contributed by atoms with Gasteiger partial charge < -0.3 is 19.5 Å². The average molecular weight is 379 g/mol. The summed E-state index contributed by atoms with van der Waals surface area (Å²) in [5.41, 5.74) is 1.29. The lowest BCUT2D eigenvalue weighted by molar-refractivity contribution is -0.121. The molecular formula is C20H23F2NO4. The molecule has 0 aliphatic heterocycles. The van der Waals surface area contributed by atoms with Gasteiger partial charge in [-0.05, 0) is 42.7 Å². The number of methoxy groups -OCH3 is 3. The second-order valence-corrected chi connectivity index (χ2v) is 5.96. The van der Waals surface area contributed by atoms with Gasteiger partial charge in [-0.2, -0.15) is 0 Å². The Balaban J connectivity index is 2.03. The Bertz CT molecular complexity index is 811. The van der Waals surface area contributed by atoms with Gasteiger partial charge in [-0.25, -0.2) is 8.78 Å². The zero-order valence-corrected chi connectivity index (χ0v) is 15.8. The van der Waals surface area contributed by atoms with E-state index in [1.54, 1.807) is 13.0 Å². The summed E-state index contributed by atoms with van der Waals surface area (Å²) in [5, 5.41) is 2.78. The fourth-order valence-corrected chi connectivity index (χ4v) is 2.79. The number of rotatable bonds is 8. The predicted octanol–water partition coefficient (Wildman–Crippen LogP) is 3.80. The maximum atomic E-state index is 13.3. The molecule has 0 radical (unpaired) electrons. The average Bonchev–Trinajstić information content (AvgIpc) is 2.67. The van der Waals surface area contributed by atoms with Gasteiger partial charge in [0, 0.05) is 6.42 Å². The van der Waals surface area contributed by atoms with E-state index in [-0.39, 0.29) is 12.3 Å². The van der Waals surface area contributed by atoms with Gasteiger partial charge in [-0.1, -0.05) is 12.1 Å². The fourth-order valence-electron chi connectivity index (χ4n) is 2.79. The van der Waals surface area contributed by atoms with Crippen molar-refractivity contribution in [1.29, 1.82) is 0 Å². The summed E-state index contributed by atoms with van der Waals surface area (Å²) < 4.78 is 42.3. The van der Waals surface area contributed by atoms with Crippen molar-refractivity contribution >= 4 is 5.91 Å². The highest BCUT2D eigenvalue weighted by molar-refractivity contribution is 5.77. The maximum Gasteiger partial charge on any atom is 0.220 e. The van der Waals surface area contributed by atoms with E-state index in [4.69, 9.17) is 14.2 Å². The molecule has 5 nitrogen and oxygen atoms in total. The molecule has 0 unspecified atom stereocenters. The summed E-state index contributed by atoms with van der Waals surface area (Å²) in [6.45, 7) is 1.71. The Morgan fingerprint density at radius 2 is 1.70 bits per heavy atom. The number of ether oxygens (including phenoxy) is 3. The molecule has 0 saturated heterocycles. The van der Waals surface area contributed by atoms with Gasteiger partial charge >= 0.3 is 0 Å². The number of halogens is 2. The Hall–Kier alpha value is -2.83. The normalized spacial score (nSPS) is 11.6. The van der Waals surface area contributed by atoms with Crippen molar-refractivity contribution < 1.29 is 27.8 Å². The van der Waals surface area contributed by atoms with Crippen LogP contribution in [0.5, 0.6) is 17.2 Å². The van der Waals surface area contributed by atoms with Crippen molar-refractivity contribution in [2.24, 2.45) is 0 Å². The Morgan fingerprint density at radius 1 is 1.00 bits per heavy atom. The zero-order valence-electron chi connectivity index (χ0n) is 15.8. The predicted molar refractivity (Wildman–Crippen MR) is 97.3 cm³/mol. The molecule has 146 valence electrons. The molecule has 0 bridgehead atoms. The van der Waals surface area contributed by atoms with Crippen LogP contribution in [0.1, 0.15) is 30.5 Å². The summed E-state index contributed by atoms with van der Waals surface area (Å²) in [4.78, 5) is 12.3. The van der Waals surface area contributed by atoms with Gasteiger partial charge in [0.15, 0.2) is 23.1 Å². The van der Waals surface area contributed by atoms with Crippen molar-refractivity contribution in [3.63, 3.8) is 0 Å². The third-order valence-electron chi connectivity index (χ3n) is 4.23. The quantitative estimate of drug-likeness (QED) is 0.758. The molecule has 0 heterocycles. The minimum absolute atomic E-state index is 0.194. The number of benzene rings is 2. The third-order valence-corrected chi connectivity index (χ3v) is 4.23. The molecule has 2 aromatic carbocycles. The van der Waals surface area contributed by atoms with Crippen LogP contribution in [0.2, 0.25) is 0 Å². The SMILES string of the molecule is COc1ccc(CCC(=O)N[C@H](C)c2ccc(F)c(F)c2)c(OC)c1OC. The summed E-state index contributed by atoms with van der Waals surface area (Å²) in [6, 6.07) is 6.69. The molecule has 0 fully saturated rings. The van der Waals surface area contributed by atoms with Crippen molar-refractivity contribution in [2.75, 3.05) is 21.3 Å². The number of carbonyl (C=O) groups excluding carboxylic acids is 1. The van der Waals surface area contributed by atoms with Crippen molar-refractivity contribution in [3.05, 3.63) is 53.1 Å². The number of amides is 1. The molecule has 0 spiro atoms. The lowest BCUT2D eigenvalue weighted by Gasteiger charge is -2.17. The van der Waals surface area contributed by atoms with Gasteiger partial charge in [0.25, 0.3) is 0 Å². The van der Waals surface area contributed by atoms with Crippen LogP contribution in [0.3, 0.4) is 0 Å². The van der Waals surface area contributed by atoms with Gasteiger partial charge in [0.05, 0.1) is 27.4 Å². The van der Waals surface area contributed by atoms with Crippen LogP contribution in [0.25, 0.3) is 0 Å². The smallest absolute Gasteiger partial charge is 0.220 e. The van der Waals surface area contributed by atoms with Crippen molar-refractivity contribution in [3.8, 4) is 17.2 Å². The second-order valence-electron chi connectivity index (χ2n) is 5.96. The molecule has 0 saturated carbocycles. The minimum Gasteiger partial charge on any atom is -0.493 e. The summed E-state index contributed by atoms with van der Waals surface area (Å²) in [7, 11) is 4.57. The second kappa shape index (κ2) is 9.21. The Labute approximate surface area is 157 Å². The monoisotopic (exact) mass is 379 g/mol. The van der Waals surface area contributed by atoms with Gasteiger partial charge in [0.2, 0.25) is 11.7 Å². The Kier molecular flexibility index (Phi) is 6.98. The van der Waals surface area contributed by atoms with Crippen LogP contribution in [0.4, 0.5) is 8.78 Å². The number of nitrogens with one attached hydrogen (secondary N) is 1. The largest absolute Gasteiger partial charge is 0.493 e. The van der Waals surface area contributed by atoms with Crippen molar-refractivity contribution in [2.45, 2.75) is 25.8 Å². The molecule has 1 amide bonds. The third kappa shape index (κ3) is 4.87. The molecule has 1 N–H and O–H groups in total. The lowest BCUT2D eigenvalue weighted by atomic mass is 10.1. The van der Waals surface area contributed by atoms with Crippen LogP contribution in [0.15, 0.2) is 30.3 Å². The van der Waals surface area contributed by atoms with Gasteiger partial charge in [-0.15, -0.1) is 0 Å². The van der Waals surface area contributed by atoms with E-state index in [0.29, 0.717) is 29.2 Å². The van der Waals surface area contributed by atoms with Crippen LogP contribution < -0.4 is 19.5 Å². The lowest BCUT2D eigenvalue weighted by Crippen LogP contribution is -2.27. The first kappa shape index (κ1) is 20.5. The van der Waals surface area contributed by atoms with E-state index in [1.807, 2.05) is 6.07 Å². The molecule has 7 heteroatoms. The summed E-state index contributed by atoms with van der Waals surface area (Å²) >= 11 is 0. The highest BCUT2D eigenvalue weighted by Gasteiger charge is 2.17. The van der Waals surface area contributed by atoms with E-state index < -0.39 is 17.7 Å². The standard InChI is InChI=1S/C20H23F2NO4/c1-12(14-5-8-15(21)16(22)11-14)23-18(24)10-7-13-6-9-17(25-2)20(27-4)19(13)26-3/h5-6,8-9,11-12H,7,10H2,1-4H3,(H,23,24)/t12-/m1/s1. The van der Waals surface area contributed by atoms with E-state index in [0.717, 1.165) is 17.7 Å². The zero-order chi connectivity index (χ0) is 20.0. The fraction of sp³-hybridized carbons (Fsp3) is 0.350. The molecule has 0 aliphatic carbocycles. The van der Waals surface area contributed by atoms with Crippen LogP contribution in [-0.4, -0.2) is 27.2 Å². The molecular weight excluding hydrogens is 356 g/mol. The Morgan fingerprint density at radius 3 is 2.30 bits per heavy atom. The first-order valence-electron chi connectivity index (χ1n) is 8.43. The summed E-state index contributed by atoms with van der Waals surface area (Å²) in [5.74, 6) is -0.563. The number of carbonyl (C=O) groups is 1. The first-order valence-corrected chi connectivity index (χ1v) is 8.43. The van der Waals surface area contributed by atoms with Crippen LogP contribution >= 0.6 is 0 Å². The van der Waals surface area contributed by atoms with Gasteiger partial charge in [0.1, 0.15) is 0 Å². The number of aryl methyl sites for hydroxylation is 1. The van der Waals surface area contributed by atoms with Crippen LogP contribution in [0, 0.1) is 11.6 Å². The van der Waals surface area contributed by atoms with Crippen LogP contribution in [-0.2, 0) is 11.2 Å². The first-order chi connectivity index (χ1) is 12.9.